The van der Waals surface area contributed by atoms with E-state index in [1.807, 2.05) is 26.0 Å². The van der Waals surface area contributed by atoms with Gasteiger partial charge in [-0.15, -0.1) is 0 Å². The molecule has 0 fully saturated rings. The van der Waals surface area contributed by atoms with Crippen molar-refractivity contribution in [2.75, 3.05) is 7.11 Å². The summed E-state index contributed by atoms with van der Waals surface area (Å²) in [6.07, 6.45) is 1.50. The highest BCUT2D eigenvalue weighted by molar-refractivity contribution is 6.08. The zero-order chi connectivity index (χ0) is 12.4. The summed E-state index contributed by atoms with van der Waals surface area (Å²) in [4.78, 5) is 12.1. The minimum Gasteiger partial charge on any atom is -0.496 e. The average Bonchev–Trinajstić information content (AvgIpc) is 2.84. The first-order chi connectivity index (χ1) is 8.13. The first-order valence-corrected chi connectivity index (χ1v) is 5.37. The summed E-state index contributed by atoms with van der Waals surface area (Å²) in [5, 5.41) is 0. The van der Waals surface area contributed by atoms with Crippen molar-refractivity contribution in [1.29, 1.82) is 0 Å². The fourth-order valence-corrected chi connectivity index (χ4v) is 1.79. The number of carbonyl (C=O) groups excluding carboxylic acids is 1. The Hall–Kier alpha value is -2.03. The number of methoxy groups -OCH3 is 1. The van der Waals surface area contributed by atoms with Crippen LogP contribution in [0.5, 0.6) is 5.75 Å². The largest absolute Gasteiger partial charge is 0.496 e. The van der Waals surface area contributed by atoms with Crippen LogP contribution >= 0.6 is 0 Å². The van der Waals surface area contributed by atoms with Crippen LogP contribution < -0.4 is 4.74 Å². The maximum Gasteiger partial charge on any atom is 0.228 e. The predicted octanol–water partition coefficient (Wildman–Crippen LogP) is 3.14. The van der Waals surface area contributed by atoms with Gasteiger partial charge in [-0.1, -0.05) is 0 Å². The zero-order valence-corrected chi connectivity index (χ0v) is 10.1. The Morgan fingerprint density at radius 1 is 1.24 bits per heavy atom. The molecular formula is C14H14O3. The van der Waals surface area contributed by atoms with Crippen molar-refractivity contribution in [2.45, 2.75) is 13.8 Å². The Balaban J connectivity index is 2.46. The molecule has 0 saturated heterocycles. The van der Waals surface area contributed by atoms with Gasteiger partial charge >= 0.3 is 0 Å². The molecule has 0 unspecified atom stereocenters. The van der Waals surface area contributed by atoms with E-state index in [1.54, 1.807) is 19.2 Å². The number of ketones is 1. The molecule has 0 amide bonds. The van der Waals surface area contributed by atoms with Crippen molar-refractivity contribution in [2.24, 2.45) is 0 Å². The molecule has 0 saturated carbocycles. The minimum absolute atomic E-state index is 0.0988. The molecule has 2 aromatic rings. The quantitative estimate of drug-likeness (QED) is 0.760. The van der Waals surface area contributed by atoms with Gasteiger partial charge in [-0.25, -0.2) is 0 Å². The standard InChI is InChI=1S/C14H14O3/c1-9-8-13(16-3)10(2)7-11(9)14(15)12-5-4-6-17-12/h4-8H,1-3H3. The van der Waals surface area contributed by atoms with Gasteiger partial charge in [0, 0.05) is 5.56 Å². The number of carbonyl (C=O) groups is 1. The van der Waals surface area contributed by atoms with Gasteiger partial charge in [0.15, 0.2) is 5.76 Å². The van der Waals surface area contributed by atoms with Crippen LogP contribution in [0, 0.1) is 13.8 Å². The van der Waals surface area contributed by atoms with Crippen molar-refractivity contribution in [3.8, 4) is 5.75 Å². The van der Waals surface area contributed by atoms with Crippen LogP contribution in [0.1, 0.15) is 27.2 Å². The van der Waals surface area contributed by atoms with Gasteiger partial charge in [-0.05, 0) is 49.2 Å². The fourth-order valence-electron chi connectivity index (χ4n) is 1.79. The molecule has 17 heavy (non-hydrogen) atoms. The van der Waals surface area contributed by atoms with Gasteiger partial charge in [0.05, 0.1) is 13.4 Å². The summed E-state index contributed by atoms with van der Waals surface area (Å²) in [7, 11) is 1.62. The molecule has 3 nitrogen and oxygen atoms in total. The SMILES string of the molecule is COc1cc(C)c(C(=O)c2ccco2)cc1C. The lowest BCUT2D eigenvalue weighted by Gasteiger charge is -2.09. The number of hydrogen-bond acceptors (Lipinski definition) is 3. The maximum atomic E-state index is 12.1. The summed E-state index contributed by atoms with van der Waals surface area (Å²) in [5.74, 6) is 1.05. The molecule has 0 atom stereocenters. The van der Waals surface area contributed by atoms with E-state index in [-0.39, 0.29) is 5.78 Å². The molecular weight excluding hydrogens is 216 g/mol. The predicted molar refractivity (Wildman–Crippen MR) is 64.6 cm³/mol. The molecule has 0 aliphatic heterocycles. The summed E-state index contributed by atoms with van der Waals surface area (Å²) < 4.78 is 10.3. The summed E-state index contributed by atoms with van der Waals surface area (Å²) >= 11 is 0. The highest BCUT2D eigenvalue weighted by Crippen LogP contribution is 2.24. The molecule has 0 N–H and O–H groups in total. The molecule has 88 valence electrons. The number of hydrogen-bond donors (Lipinski definition) is 0. The van der Waals surface area contributed by atoms with Gasteiger partial charge in [0.25, 0.3) is 0 Å². The topological polar surface area (TPSA) is 39.4 Å². The third-order valence-electron chi connectivity index (χ3n) is 2.73. The molecule has 0 aliphatic rings. The first kappa shape index (κ1) is 11.5. The molecule has 2 rings (SSSR count). The van der Waals surface area contributed by atoms with Crippen molar-refractivity contribution in [3.05, 3.63) is 53.0 Å². The van der Waals surface area contributed by atoms with Gasteiger partial charge in [0.2, 0.25) is 5.78 Å². The highest BCUT2D eigenvalue weighted by Gasteiger charge is 2.16. The molecule has 0 spiro atoms. The summed E-state index contributed by atoms with van der Waals surface area (Å²) in [6.45, 7) is 3.80. The van der Waals surface area contributed by atoms with Crippen molar-refractivity contribution < 1.29 is 13.9 Å². The number of aryl methyl sites for hydroxylation is 2. The van der Waals surface area contributed by atoms with Crippen LogP contribution in [0.4, 0.5) is 0 Å². The zero-order valence-electron chi connectivity index (χ0n) is 10.1. The number of benzene rings is 1. The molecule has 1 heterocycles. The molecule has 1 aromatic heterocycles. The van der Waals surface area contributed by atoms with Crippen LogP contribution in [0.15, 0.2) is 34.9 Å². The van der Waals surface area contributed by atoms with E-state index in [0.717, 1.165) is 16.9 Å². The van der Waals surface area contributed by atoms with E-state index in [2.05, 4.69) is 0 Å². The Labute approximate surface area is 100 Å². The van der Waals surface area contributed by atoms with E-state index in [0.29, 0.717) is 11.3 Å². The van der Waals surface area contributed by atoms with Crippen LogP contribution in [0.3, 0.4) is 0 Å². The Bertz CT molecular complexity index is 539. The normalized spacial score (nSPS) is 10.3. The van der Waals surface area contributed by atoms with Gasteiger partial charge < -0.3 is 9.15 Å². The second kappa shape index (κ2) is 4.45. The third kappa shape index (κ3) is 2.09. The second-order valence-electron chi connectivity index (χ2n) is 3.94. The molecule has 0 bridgehead atoms. The minimum atomic E-state index is -0.0988. The average molecular weight is 230 g/mol. The molecule has 3 heteroatoms. The molecule has 0 aliphatic carbocycles. The van der Waals surface area contributed by atoms with Crippen molar-refractivity contribution in [1.82, 2.24) is 0 Å². The number of rotatable bonds is 3. The van der Waals surface area contributed by atoms with E-state index in [4.69, 9.17) is 9.15 Å². The van der Waals surface area contributed by atoms with Crippen LogP contribution in [0.25, 0.3) is 0 Å². The lowest BCUT2D eigenvalue weighted by atomic mass is 10.00. The highest BCUT2D eigenvalue weighted by atomic mass is 16.5. The van der Waals surface area contributed by atoms with Gasteiger partial charge in [-0.2, -0.15) is 0 Å². The van der Waals surface area contributed by atoms with E-state index in [1.165, 1.54) is 6.26 Å². The Morgan fingerprint density at radius 2 is 2.00 bits per heavy atom. The summed E-state index contributed by atoms with van der Waals surface area (Å²) in [6, 6.07) is 7.07. The number of furan rings is 1. The monoisotopic (exact) mass is 230 g/mol. The summed E-state index contributed by atoms with van der Waals surface area (Å²) in [5.41, 5.74) is 2.47. The van der Waals surface area contributed by atoms with Gasteiger partial charge in [-0.3, -0.25) is 4.79 Å². The maximum absolute atomic E-state index is 12.1. The molecule has 0 radical (unpaired) electrons. The Morgan fingerprint density at radius 3 is 2.59 bits per heavy atom. The first-order valence-electron chi connectivity index (χ1n) is 5.37. The number of ether oxygens (including phenoxy) is 1. The van der Waals surface area contributed by atoms with Crippen LogP contribution in [0.2, 0.25) is 0 Å². The van der Waals surface area contributed by atoms with Gasteiger partial charge in [0.1, 0.15) is 5.75 Å². The van der Waals surface area contributed by atoms with E-state index >= 15 is 0 Å². The fraction of sp³-hybridized carbons (Fsp3) is 0.214. The smallest absolute Gasteiger partial charge is 0.228 e. The molecule has 1 aromatic carbocycles. The van der Waals surface area contributed by atoms with E-state index in [9.17, 15) is 4.79 Å². The second-order valence-corrected chi connectivity index (χ2v) is 3.94. The lowest BCUT2D eigenvalue weighted by Crippen LogP contribution is -2.03. The van der Waals surface area contributed by atoms with Crippen LogP contribution in [-0.4, -0.2) is 12.9 Å². The third-order valence-corrected chi connectivity index (χ3v) is 2.73. The van der Waals surface area contributed by atoms with Crippen molar-refractivity contribution in [3.63, 3.8) is 0 Å². The van der Waals surface area contributed by atoms with E-state index < -0.39 is 0 Å². The van der Waals surface area contributed by atoms with Crippen molar-refractivity contribution >= 4 is 5.78 Å². The Kier molecular flexibility index (Phi) is 3.00. The lowest BCUT2D eigenvalue weighted by molar-refractivity contribution is 0.101. The van der Waals surface area contributed by atoms with Crippen LogP contribution in [-0.2, 0) is 0 Å².